The third-order valence-electron chi connectivity index (χ3n) is 3.12. The number of benzene rings is 1. The average Bonchev–Trinajstić information content (AvgIpc) is 2.35. The Labute approximate surface area is 110 Å². The third kappa shape index (κ3) is 4.49. The van der Waals surface area contributed by atoms with Crippen LogP contribution >= 0.6 is 0 Å². The zero-order chi connectivity index (χ0) is 13.5. The first-order valence-corrected chi connectivity index (χ1v) is 6.60. The van der Waals surface area contributed by atoms with E-state index in [4.69, 9.17) is 5.73 Å². The van der Waals surface area contributed by atoms with E-state index in [0.717, 1.165) is 6.54 Å². The van der Waals surface area contributed by atoms with E-state index in [1.54, 1.807) is 0 Å². The van der Waals surface area contributed by atoms with Gasteiger partial charge in [0, 0.05) is 19.5 Å². The molecule has 0 spiro atoms. The molecule has 18 heavy (non-hydrogen) atoms. The molecule has 1 atom stereocenters. The van der Waals surface area contributed by atoms with Crippen LogP contribution in [0.4, 0.5) is 0 Å². The molecular formula is C15H24N2O. The first-order valence-electron chi connectivity index (χ1n) is 6.60. The number of hydrogen-bond acceptors (Lipinski definition) is 2. The fourth-order valence-corrected chi connectivity index (χ4v) is 1.92. The first kappa shape index (κ1) is 14.7. The standard InChI is InChI=1S/C15H24N2O/c1-4-17(15(18)9-13(3)10-16)11-14-7-5-6-12(2)8-14/h5-8,13H,4,9-11,16H2,1-3H3. The molecule has 0 aliphatic rings. The van der Waals surface area contributed by atoms with Gasteiger partial charge in [-0.05, 0) is 31.9 Å². The number of nitrogens with zero attached hydrogens (tertiary/aromatic N) is 1. The molecule has 2 N–H and O–H groups in total. The number of carbonyl (C=O) groups is 1. The SMILES string of the molecule is CCN(Cc1cccc(C)c1)C(=O)CC(C)CN. The van der Waals surface area contributed by atoms with Gasteiger partial charge in [-0.1, -0.05) is 36.8 Å². The highest BCUT2D eigenvalue weighted by Gasteiger charge is 2.14. The van der Waals surface area contributed by atoms with Crippen molar-refractivity contribution in [3.8, 4) is 0 Å². The van der Waals surface area contributed by atoms with Gasteiger partial charge in [-0.3, -0.25) is 4.79 Å². The van der Waals surface area contributed by atoms with Crippen molar-refractivity contribution < 1.29 is 4.79 Å². The largest absolute Gasteiger partial charge is 0.339 e. The van der Waals surface area contributed by atoms with Gasteiger partial charge in [0.1, 0.15) is 0 Å². The molecule has 1 rings (SSSR count). The minimum atomic E-state index is 0.192. The number of carbonyl (C=O) groups excluding carboxylic acids is 1. The maximum Gasteiger partial charge on any atom is 0.223 e. The predicted molar refractivity (Wildman–Crippen MR) is 75.1 cm³/mol. The van der Waals surface area contributed by atoms with Gasteiger partial charge in [0.25, 0.3) is 0 Å². The van der Waals surface area contributed by atoms with Crippen molar-refractivity contribution in [1.82, 2.24) is 4.90 Å². The zero-order valence-electron chi connectivity index (χ0n) is 11.6. The van der Waals surface area contributed by atoms with E-state index in [1.807, 2.05) is 24.8 Å². The molecule has 0 fully saturated rings. The van der Waals surface area contributed by atoms with Crippen LogP contribution in [-0.2, 0) is 11.3 Å². The normalized spacial score (nSPS) is 12.2. The molecule has 0 radical (unpaired) electrons. The smallest absolute Gasteiger partial charge is 0.223 e. The second-order valence-corrected chi connectivity index (χ2v) is 4.94. The third-order valence-corrected chi connectivity index (χ3v) is 3.12. The van der Waals surface area contributed by atoms with Crippen molar-refractivity contribution in [1.29, 1.82) is 0 Å². The monoisotopic (exact) mass is 248 g/mol. The number of rotatable bonds is 6. The second kappa shape index (κ2) is 7.17. The molecule has 0 saturated carbocycles. The van der Waals surface area contributed by atoms with Crippen molar-refractivity contribution in [3.05, 3.63) is 35.4 Å². The summed E-state index contributed by atoms with van der Waals surface area (Å²) in [6, 6.07) is 8.29. The fourth-order valence-electron chi connectivity index (χ4n) is 1.92. The summed E-state index contributed by atoms with van der Waals surface area (Å²) in [5.74, 6) is 0.445. The van der Waals surface area contributed by atoms with E-state index >= 15 is 0 Å². The Hall–Kier alpha value is -1.35. The van der Waals surface area contributed by atoms with Crippen LogP contribution < -0.4 is 5.73 Å². The summed E-state index contributed by atoms with van der Waals surface area (Å²) in [6.07, 6.45) is 0.538. The summed E-state index contributed by atoms with van der Waals surface area (Å²) in [5.41, 5.74) is 7.98. The van der Waals surface area contributed by atoms with Gasteiger partial charge in [0.15, 0.2) is 0 Å². The summed E-state index contributed by atoms with van der Waals surface area (Å²) < 4.78 is 0. The predicted octanol–water partition coefficient (Wildman–Crippen LogP) is 2.33. The van der Waals surface area contributed by atoms with E-state index in [0.29, 0.717) is 19.5 Å². The molecule has 1 aromatic rings. The Morgan fingerprint density at radius 3 is 2.72 bits per heavy atom. The minimum Gasteiger partial charge on any atom is -0.339 e. The molecule has 1 unspecified atom stereocenters. The molecule has 0 aromatic heterocycles. The second-order valence-electron chi connectivity index (χ2n) is 4.94. The Bertz CT molecular complexity index is 390. The topological polar surface area (TPSA) is 46.3 Å². The lowest BCUT2D eigenvalue weighted by molar-refractivity contribution is -0.132. The van der Waals surface area contributed by atoms with Crippen molar-refractivity contribution in [2.24, 2.45) is 11.7 Å². The molecular weight excluding hydrogens is 224 g/mol. The van der Waals surface area contributed by atoms with Crippen molar-refractivity contribution in [2.75, 3.05) is 13.1 Å². The molecule has 3 nitrogen and oxygen atoms in total. The Balaban J connectivity index is 2.64. The fraction of sp³-hybridized carbons (Fsp3) is 0.533. The van der Waals surface area contributed by atoms with Crippen LogP contribution in [0.5, 0.6) is 0 Å². The van der Waals surface area contributed by atoms with Crippen LogP contribution in [0.3, 0.4) is 0 Å². The minimum absolute atomic E-state index is 0.192. The number of nitrogens with two attached hydrogens (primary N) is 1. The maximum absolute atomic E-state index is 12.1. The Morgan fingerprint density at radius 1 is 1.44 bits per heavy atom. The highest BCUT2D eigenvalue weighted by atomic mass is 16.2. The quantitative estimate of drug-likeness (QED) is 0.840. The van der Waals surface area contributed by atoms with E-state index in [1.165, 1.54) is 11.1 Å². The lowest BCUT2D eigenvalue weighted by Crippen LogP contribution is -2.32. The van der Waals surface area contributed by atoms with Gasteiger partial charge in [-0.2, -0.15) is 0 Å². The van der Waals surface area contributed by atoms with Crippen molar-refractivity contribution >= 4 is 5.91 Å². The highest BCUT2D eigenvalue weighted by molar-refractivity contribution is 5.76. The summed E-state index contributed by atoms with van der Waals surface area (Å²) >= 11 is 0. The first-order chi connectivity index (χ1) is 8.56. The molecule has 0 saturated heterocycles. The highest BCUT2D eigenvalue weighted by Crippen LogP contribution is 2.10. The van der Waals surface area contributed by atoms with Crippen LogP contribution in [0.2, 0.25) is 0 Å². The summed E-state index contributed by atoms with van der Waals surface area (Å²) in [7, 11) is 0. The zero-order valence-corrected chi connectivity index (χ0v) is 11.6. The summed E-state index contributed by atoms with van der Waals surface area (Å²) in [5, 5.41) is 0. The van der Waals surface area contributed by atoms with Crippen LogP contribution in [-0.4, -0.2) is 23.9 Å². The van der Waals surface area contributed by atoms with Crippen molar-refractivity contribution in [2.45, 2.75) is 33.7 Å². The number of aryl methyl sites for hydroxylation is 1. The molecule has 1 aromatic carbocycles. The molecule has 0 heterocycles. The molecule has 3 heteroatoms. The lowest BCUT2D eigenvalue weighted by Gasteiger charge is -2.22. The van der Waals surface area contributed by atoms with Crippen LogP contribution in [0.15, 0.2) is 24.3 Å². The van der Waals surface area contributed by atoms with Gasteiger partial charge in [-0.25, -0.2) is 0 Å². The Morgan fingerprint density at radius 2 is 2.17 bits per heavy atom. The van der Waals surface area contributed by atoms with Gasteiger partial charge < -0.3 is 10.6 Å². The van der Waals surface area contributed by atoms with Gasteiger partial charge >= 0.3 is 0 Å². The van der Waals surface area contributed by atoms with E-state index in [9.17, 15) is 4.79 Å². The van der Waals surface area contributed by atoms with Crippen molar-refractivity contribution in [3.63, 3.8) is 0 Å². The van der Waals surface area contributed by atoms with E-state index in [-0.39, 0.29) is 11.8 Å². The van der Waals surface area contributed by atoms with Gasteiger partial charge in [0.05, 0.1) is 0 Å². The molecule has 0 bridgehead atoms. The molecule has 1 amide bonds. The number of hydrogen-bond donors (Lipinski definition) is 1. The summed E-state index contributed by atoms with van der Waals surface area (Å²) in [4.78, 5) is 14.0. The molecule has 0 aliphatic carbocycles. The van der Waals surface area contributed by atoms with Crippen LogP contribution in [0, 0.1) is 12.8 Å². The van der Waals surface area contributed by atoms with Crippen LogP contribution in [0.25, 0.3) is 0 Å². The van der Waals surface area contributed by atoms with E-state index < -0.39 is 0 Å². The van der Waals surface area contributed by atoms with Gasteiger partial charge in [-0.15, -0.1) is 0 Å². The Kier molecular flexibility index (Phi) is 5.86. The maximum atomic E-state index is 12.1. The van der Waals surface area contributed by atoms with Crippen LogP contribution in [0.1, 0.15) is 31.4 Å². The average molecular weight is 248 g/mol. The molecule has 0 aliphatic heterocycles. The number of amides is 1. The lowest BCUT2D eigenvalue weighted by atomic mass is 10.1. The van der Waals surface area contributed by atoms with E-state index in [2.05, 4.69) is 25.1 Å². The van der Waals surface area contributed by atoms with Gasteiger partial charge in [0.2, 0.25) is 5.91 Å². The summed E-state index contributed by atoms with van der Waals surface area (Å²) in [6.45, 7) is 8.09. The molecule has 100 valence electrons.